The summed E-state index contributed by atoms with van der Waals surface area (Å²) in [6, 6.07) is 0. The van der Waals surface area contributed by atoms with Gasteiger partial charge in [-0.25, -0.2) is 0 Å². The average Bonchev–Trinajstić information content (AvgIpc) is 2.73. The van der Waals surface area contributed by atoms with Crippen LogP contribution < -0.4 is 0 Å². The number of aliphatic hydroxyl groups is 1. The van der Waals surface area contributed by atoms with Gasteiger partial charge in [-0.05, 0) is 56.3 Å². The van der Waals surface area contributed by atoms with Crippen molar-refractivity contribution in [2.45, 2.75) is 59.0 Å². The SMILES string of the molecule is CC1=CC[C@H]2[C@]13CC[C@H](C3)C(C)(C)[C@@]2(C)O. The summed E-state index contributed by atoms with van der Waals surface area (Å²) < 4.78 is 0. The largest absolute Gasteiger partial charge is 0.389 e. The fourth-order valence-corrected chi connectivity index (χ4v) is 4.99. The van der Waals surface area contributed by atoms with E-state index in [9.17, 15) is 5.11 Å². The zero-order valence-electron chi connectivity index (χ0n) is 11.0. The lowest BCUT2D eigenvalue weighted by Gasteiger charge is -2.56. The van der Waals surface area contributed by atoms with Crippen LogP contribution in [0, 0.1) is 22.7 Å². The Kier molecular flexibility index (Phi) is 1.86. The monoisotopic (exact) mass is 220 g/mol. The molecule has 1 heteroatoms. The first-order valence-electron chi connectivity index (χ1n) is 6.72. The molecule has 0 heterocycles. The molecule has 16 heavy (non-hydrogen) atoms. The first-order chi connectivity index (χ1) is 7.32. The molecule has 3 rings (SSSR count). The zero-order valence-corrected chi connectivity index (χ0v) is 11.0. The summed E-state index contributed by atoms with van der Waals surface area (Å²) >= 11 is 0. The van der Waals surface area contributed by atoms with E-state index in [0.29, 0.717) is 17.3 Å². The predicted octanol–water partition coefficient (Wildman–Crippen LogP) is 3.53. The summed E-state index contributed by atoms with van der Waals surface area (Å²) in [6.45, 7) is 8.94. The molecule has 4 atom stereocenters. The molecule has 2 saturated carbocycles. The molecule has 0 unspecified atom stereocenters. The van der Waals surface area contributed by atoms with Gasteiger partial charge in [0.25, 0.3) is 0 Å². The Morgan fingerprint density at radius 3 is 2.69 bits per heavy atom. The standard InChI is InChI=1S/C15H24O/c1-10-5-6-12-14(4,16)13(2,3)11-7-8-15(10,12)9-11/h5,11-12,16H,6-9H2,1-4H3/t11-,12-,14+,15+/m1/s1. The predicted molar refractivity (Wildman–Crippen MR) is 66.0 cm³/mol. The van der Waals surface area contributed by atoms with E-state index in [0.717, 1.165) is 6.42 Å². The highest BCUT2D eigenvalue weighted by atomic mass is 16.3. The lowest BCUT2D eigenvalue weighted by molar-refractivity contribution is -0.167. The minimum Gasteiger partial charge on any atom is -0.389 e. The fourth-order valence-electron chi connectivity index (χ4n) is 4.99. The Labute approximate surface area is 98.9 Å². The molecule has 90 valence electrons. The van der Waals surface area contributed by atoms with Crippen molar-refractivity contribution in [2.75, 3.05) is 0 Å². The third kappa shape index (κ3) is 0.932. The molecule has 3 aliphatic rings. The maximum atomic E-state index is 11.0. The molecule has 0 radical (unpaired) electrons. The molecule has 0 aliphatic heterocycles. The van der Waals surface area contributed by atoms with E-state index in [1.807, 2.05) is 0 Å². The van der Waals surface area contributed by atoms with Crippen molar-refractivity contribution in [1.82, 2.24) is 0 Å². The number of rotatable bonds is 0. The van der Waals surface area contributed by atoms with Crippen molar-refractivity contribution >= 4 is 0 Å². The molecule has 1 nitrogen and oxygen atoms in total. The topological polar surface area (TPSA) is 20.2 Å². The summed E-state index contributed by atoms with van der Waals surface area (Å²) in [4.78, 5) is 0. The van der Waals surface area contributed by atoms with Crippen LogP contribution in [0.25, 0.3) is 0 Å². The Morgan fingerprint density at radius 2 is 2.00 bits per heavy atom. The van der Waals surface area contributed by atoms with Crippen LogP contribution in [-0.2, 0) is 0 Å². The summed E-state index contributed by atoms with van der Waals surface area (Å²) in [5.74, 6) is 1.17. The maximum absolute atomic E-state index is 11.0. The summed E-state index contributed by atoms with van der Waals surface area (Å²) in [7, 11) is 0. The van der Waals surface area contributed by atoms with E-state index in [1.54, 1.807) is 5.57 Å². The molecule has 2 fully saturated rings. The second-order valence-electron chi connectivity index (χ2n) is 7.14. The number of hydrogen-bond acceptors (Lipinski definition) is 1. The lowest BCUT2D eigenvalue weighted by Crippen LogP contribution is -2.58. The summed E-state index contributed by atoms with van der Waals surface area (Å²) in [6.07, 6.45) is 7.43. The number of hydrogen-bond donors (Lipinski definition) is 1. The number of allylic oxidation sites excluding steroid dienone is 2. The average molecular weight is 220 g/mol. The van der Waals surface area contributed by atoms with E-state index in [1.165, 1.54) is 19.3 Å². The minimum atomic E-state index is -0.499. The van der Waals surface area contributed by atoms with Crippen molar-refractivity contribution < 1.29 is 5.11 Å². The van der Waals surface area contributed by atoms with Gasteiger partial charge in [0.1, 0.15) is 0 Å². The second kappa shape index (κ2) is 2.75. The van der Waals surface area contributed by atoms with Gasteiger partial charge in [-0.1, -0.05) is 25.5 Å². The van der Waals surface area contributed by atoms with E-state index in [2.05, 4.69) is 33.8 Å². The zero-order chi connectivity index (χ0) is 11.8. The van der Waals surface area contributed by atoms with Gasteiger partial charge in [-0.2, -0.15) is 0 Å². The van der Waals surface area contributed by atoms with Crippen molar-refractivity contribution in [3.8, 4) is 0 Å². The van der Waals surface area contributed by atoms with Crippen molar-refractivity contribution in [1.29, 1.82) is 0 Å². The highest BCUT2D eigenvalue weighted by Crippen LogP contribution is 2.70. The summed E-state index contributed by atoms with van der Waals surface area (Å²) in [5, 5.41) is 11.0. The Balaban J connectivity index is 2.13. The van der Waals surface area contributed by atoms with Crippen molar-refractivity contribution in [3.63, 3.8) is 0 Å². The van der Waals surface area contributed by atoms with Crippen molar-refractivity contribution in [3.05, 3.63) is 11.6 Å². The van der Waals surface area contributed by atoms with Gasteiger partial charge in [0, 0.05) is 5.92 Å². The van der Waals surface area contributed by atoms with Crippen LogP contribution in [0.5, 0.6) is 0 Å². The molecule has 0 aromatic rings. The van der Waals surface area contributed by atoms with Crippen LogP contribution in [0.3, 0.4) is 0 Å². The van der Waals surface area contributed by atoms with Crippen LogP contribution in [0.2, 0.25) is 0 Å². The Bertz CT molecular complexity index is 364. The smallest absolute Gasteiger partial charge is 0.0712 e. The van der Waals surface area contributed by atoms with Crippen LogP contribution in [-0.4, -0.2) is 10.7 Å². The molecule has 0 amide bonds. The first-order valence-corrected chi connectivity index (χ1v) is 6.72. The molecule has 2 bridgehead atoms. The minimum absolute atomic E-state index is 0.0795. The highest BCUT2D eigenvalue weighted by Gasteiger charge is 2.66. The van der Waals surface area contributed by atoms with Crippen LogP contribution in [0.15, 0.2) is 11.6 Å². The first kappa shape index (κ1) is 10.8. The van der Waals surface area contributed by atoms with E-state index in [4.69, 9.17) is 0 Å². The quantitative estimate of drug-likeness (QED) is 0.619. The lowest BCUT2D eigenvalue weighted by atomic mass is 9.51. The third-order valence-electron chi connectivity index (χ3n) is 6.67. The van der Waals surface area contributed by atoms with E-state index < -0.39 is 5.60 Å². The molecule has 0 aromatic heterocycles. The highest BCUT2D eigenvalue weighted by molar-refractivity contribution is 5.30. The summed E-state index contributed by atoms with van der Waals surface area (Å²) in [5.41, 5.74) is 1.51. The normalized spacial score (nSPS) is 53.7. The van der Waals surface area contributed by atoms with Crippen LogP contribution >= 0.6 is 0 Å². The van der Waals surface area contributed by atoms with Gasteiger partial charge in [0.2, 0.25) is 0 Å². The molecule has 1 spiro atoms. The molecule has 0 saturated heterocycles. The maximum Gasteiger partial charge on any atom is 0.0712 e. The molecule has 0 aromatic carbocycles. The second-order valence-corrected chi connectivity index (χ2v) is 7.14. The van der Waals surface area contributed by atoms with Gasteiger partial charge < -0.3 is 5.11 Å². The molecular formula is C15H24O. The van der Waals surface area contributed by atoms with Gasteiger partial charge in [-0.15, -0.1) is 0 Å². The van der Waals surface area contributed by atoms with Gasteiger partial charge in [0.05, 0.1) is 5.60 Å². The number of fused-ring (bicyclic) bond motifs is 1. The third-order valence-corrected chi connectivity index (χ3v) is 6.67. The Hall–Kier alpha value is -0.300. The van der Waals surface area contributed by atoms with E-state index in [-0.39, 0.29) is 5.41 Å². The Morgan fingerprint density at radius 1 is 1.31 bits per heavy atom. The fraction of sp³-hybridized carbons (Fsp3) is 0.867. The van der Waals surface area contributed by atoms with E-state index >= 15 is 0 Å². The van der Waals surface area contributed by atoms with Gasteiger partial charge in [-0.3, -0.25) is 0 Å². The van der Waals surface area contributed by atoms with Crippen LogP contribution in [0.4, 0.5) is 0 Å². The molecule has 3 aliphatic carbocycles. The van der Waals surface area contributed by atoms with Crippen LogP contribution in [0.1, 0.15) is 53.4 Å². The molecular weight excluding hydrogens is 196 g/mol. The van der Waals surface area contributed by atoms with Gasteiger partial charge >= 0.3 is 0 Å². The van der Waals surface area contributed by atoms with Crippen molar-refractivity contribution in [2.24, 2.45) is 22.7 Å². The molecule has 1 N–H and O–H groups in total. The van der Waals surface area contributed by atoms with Gasteiger partial charge in [0.15, 0.2) is 0 Å².